The molecule has 2 atom stereocenters. The lowest BCUT2D eigenvalue weighted by atomic mass is 10.0. The molecular formula is C9H16O. The van der Waals surface area contributed by atoms with E-state index in [4.69, 9.17) is 4.74 Å². The van der Waals surface area contributed by atoms with Gasteiger partial charge in [0.1, 0.15) is 0 Å². The van der Waals surface area contributed by atoms with Crippen molar-refractivity contribution in [1.29, 1.82) is 0 Å². The highest BCUT2D eigenvalue weighted by Gasteiger charge is 2.15. The van der Waals surface area contributed by atoms with E-state index in [9.17, 15) is 0 Å². The third kappa shape index (κ3) is 1.60. The molecule has 0 bridgehead atoms. The standard InChI is InChI=1S/C9H16O/c1-4-9-6-5-7(2)10-8(9)3/h6-8H,4-5H2,1-3H3. The summed E-state index contributed by atoms with van der Waals surface area (Å²) in [5.74, 6) is 0. The van der Waals surface area contributed by atoms with Gasteiger partial charge in [0.15, 0.2) is 0 Å². The zero-order valence-electron chi connectivity index (χ0n) is 7.05. The molecule has 1 heteroatoms. The zero-order valence-corrected chi connectivity index (χ0v) is 7.05. The largest absolute Gasteiger partial charge is 0.371 e. The summed E-state index contributed by atoms with van der Waals surface area (Å²) in [6.07, 6.45) is 5.32. The number of hydrogen-bond donors (Lipinski definition) is 0. The Bertz CT molecular complexity index is 138. The van der Waals surface area contributed by atoms with Crippen LogP contribution < -0.4 is 0 Å². The van der Waals surface area contributed by atoms with Crippen molar-refractivity contribution in [3.05, 3.63) is 11.6 Å². The van der Waals surface area contributed by atoms with Crippen molar-refractivity contribution in [3.8, 4) is 0 Å². The van der Waals surface area contributed by atoms with Crippen LogP contribution >= 0.6 is 0 Å². The van der Waals surface area contributed by atoms with Crippen LogP contribution in [0.3, 0.4) is 0 Å². The second-order valence-corrected chi connectivity index (χ2v) is 2.96. The summed E-state index contributed by atoms with van der Waals surface area (Å²) >= 11 is 0. The predicted octanol–water partition coefficient (Wildman–Crippen LogP) is 2.52. The van der Waals surface area contributed by atoms with Gasteiger partial charge in [0.05, 0.1) is 12.2 Å². The van der Waals surface area contributed by atoms with E-state index < -0.39 is 0 Å². The SMILES string of the molecule is CCC1=CCC(C)OC1C. The Morgan fingerprint density at radius 3 is 2.80 bits per heavy atom. The van der Waals surface area contributed by atoms with E-state index >= 15 is 0 Å². The van der Waals surface area contributed by atoms with Gasteiger partial charge in [-0.2, -0.15) is 0 Å². The third-order valence-corrected chi connectivity index (χ3v) is 2.08. The maximum Gasteiger partial charge on any atom is 0.0760 e. The predicted molar refractivity (Wildman–Crippen MR) is 43.0 cm³/mol. The van der Waals surface area contributed by atoms with E-state index in [2.05, 4.69) is 26.8 Å². The minimum atomic E-state index is 0.355. The molecule has 1 aliphatic rings. The summed E-state index contributed by atoms with van der Waals surface area (Å²) in [5, 5.41) is 0. The summed E-state index contributed by atoms with van der Waals surface area (Å²) < 4.78 is 5.62. The molecule has 0 fully saturated rings. The smallest absolute Gasteiger partial charge is 0.0760 e. The normalized spacial score (nSPS) is 33.7. The first-order valence-electron chi connectivity index (χ1n) is 4.08. The van der Waals surface area contributed by atoms with Gasteiger partial charge in [-0.15, -0.1) is 0 Å². The van der Waals surface area contributed by atoms with Gasteiger partial charge in [0, 0.05) is 0 Å². The molecule has 0 spiro atoms. The molecule has 0 aromatic carbocycles. The summed E-state index contributed by atoms with van der Waals surface area (Å²) in [6, 6.07) is 0. The molecule has 0 amide bonds. The first-order chi connectivity index (χ1) is 4.74. The van der Waals surface area contributed by atoms with E-state index in [1.807, 2.05) is 0 Å². The van der Waals surface area contributed by atoms with Crippen molar-refractivity contribution in [2.24, 2.45) is 0 Å². The van der Waals surface area contributed by atoms with Gasteiger partial charge < -0.3 is 4.74 Å². The number of rotatable bonds is 1. The van der Waals surface area contributed by atoms with Crippen LogP contribution in [0.25, 0.3) is 0 Å². The fourth-order valence-electron chi connectivity index (χ4n) is 1.41. The average Bonchev–Trinajstić information content (AvgIpc) is 1.88. The zero-order chi connectivity index (χ0) is 7.56. The van der Waals surface area contributed by atoms with Crippen molar-refractivity contribution >= 4 is 0 Å². The van der Waals surface area contributed by atoms with Gasteiger partial charge in [-0.05, 0) is 32.3 Å². The summed E-state index contributed by atoms with van der Waals surface area (Å²) in [5.41, 5.74) is 1.46. The minimum absolute atomic E-state index is 0.355. The van der Waals surface area contributed by atoms with Crippen LogP contribution in [0, 0.1) is 0 Å². The van der Waals surface area contributed by atoms with Gasteiger partial charge in [0.2, 0.25) is 0 Å². The van der Waals surface area contributed by atoms with E-state index in [-0.39, 0.29) is 0 Å². The lowest BCUT2D eigenvalue weighted by molar-refractivity contribution is 0.0185. The van der Waals surface area contributed by atoms with Crippen molar-refractivity contribution in [1.82, 2.24) is 0 Å². The first-order valence-corrected chi connectivity index (χ1v) is 4.08. The quantitative estimate of drug-likeness (QED) is 0.508. The van der Waals surface area contributed by atoms with Crippen LogP contribution in [0.5, 0.6) is 0 Å². The molecule has 0 aromatic heterocycles. The molecule has 1 heterocycles. The molecular weight excluding hydrogens is 124 g/mol. The van der Waals surface area contributed by atoms with Crippen LogP contribution in [-0.4, -0.2) is 12.2 Å². The average molecular weight is 140 g/mol. The highest BCUT2D eigenvalue weighted by atomic mass is 16.5. The fraction of sp³-hybridized carbons (Fsp3) is 0.778. The van der Waals surface area contributed by atoms with Crippen LogP contribution in [0.2, 0.25) is 0 Å². The Balaban J connectivity index is 2.57. The molecule has 10 heavy (non-hydrogen) atoms. The number of hydrogen-bond acceptors (Lipinski definition) is 1. The molecule has 0 aromatic rings. The Kier molecular flexibility index (Phi) is 2.50. The van der Waals surface area contributed by atoms with E-state index in [1.165, 1.54) is 5.57 Å². The van der Waals surface area contributed by atoms with Crippen molar-refractivity contribution in [2.75, 3.05) is 0 Å². The van der Waals surface area contributed by atoms with Crippen LogP contribution in [0.4, 0.5) is 0 Å². The molecule has 1 rings (SSSR count). The Labute approximate surface area is 63.1 Å². The molecule has 0 aliphatic carbocycles. The molecule has 1 aliphatic heterocycles. The van der Waals surface area contributed by atoms with Crippen LogP contribution in [0.1, 0.15) is 33.6 Å². The van der Waals surface area contributed by atoms with Crippen molar-refractivity contribution < 1.29 is 4.74 Å². The number of ether oxygens (including phenoxy) is 1. The summed E-state index contributed by atoms with van der Waals surface area (Å²) in [4.78, 5) is 0. The van der Waals surface area contributed by atoms with Gasteiger partial charge in [0.25, 0.3) is 0 Å². The molecule has 0 saturated heterocycles. The molecule has 0 radical (unpaired) electrons. The molecule has 0 N–H and O–H groups in total. The second kappa shape index (κ2) is 3.20. The summed E-state index contributed by atoms with van der Waals surface area (Å²) in [6.45, 7) is 6.44. The maximum atomic E-state index is 5.62. The lowest BCUT2D eigenvalue weighted by Crippen LogP contribution is -2.22. The minimum Gasteiger partial charge on any atom is -0.371 e. The van der Waals surface area contributed by atoms with Crippen LogP contribution in [0.15, 0.2) is 11.6 Å². The fourth-order valence-corrected chi connectivity index (χ4v) is 1.41. The second-order valence-electron chi connectivity index (χ2n) is 2.96. The van der Waals surface area contributed by atoms with Crippen molar-refractivity contribution in [3.63, 3.8) is 0 Å². The van der Waals surface area contributed by atoms with Gasteiger partial charge in [-0.3, -0.25) is 0 Å². The first kappa shape index (κ1) is 7.80. The lowest BCUT2D eigenvalue weighted by Gasteiger charge is -2.25. The topological polar surface area (TPSA) is 9.23 Å². The van der Waals surface area contributed by atoms with E-state index in [0.717, 1.165) is 12.8 Å². The van der Waals surface area contributed by atoms with Crippen LogP contribution in [-0.2, 0) is 4.74 Å². The van der Waals surface area contributed by atoms with Gasteiger partial charge in [-0.25, -0.2) is 0 Å². The van der Waals surface area contributed by atoms with Crippen molar-refractivity contribution in [2.45, 2.75) is 45.8 Å². The highest BCUT2D eigenvalue weighted by molar-refractivity contribution is 5.09. The third-order valence-electron chi connectivity index (χ3n) is 2.08. The Morgan fingerprint density at radius 1 is 1.60 bits per heavy atom. The summed E-state index contributed by atoms with van der Waals surface area (Å²) in [7, 11) is 0. The Hall–Kier alpha value is -0.300. The molecule has 58 valence electrons. The monoisotopic (exact) mass is 140 g/mol. The molecule has 0 saturated carbocycles. The highest BCUT2D eigenvalue weighted by Crippen LogP contribution is 2.20. The molecule has 2 unspecified atom stereocenters. The van der Waals surface area contributed by atoms with E-state index in [0.29, 0.717) is 12.2 Å². The Morgan fingerprint density at radius 2 is 2.30 bits per heavy atom. The van der Waals surface area contributed by atoms with Gasteiger partial charge >= 0.3 is 0 Å². The van der Waals surface area contributed by atoms with Gasteiger partial charge in [-0.1, -0.05) is 13.0 Å². The molecule has 1 nitrogen and oxygen atoms in total. The maximum absolute atomic E-state index is 5.62. The van der Waals surface area contributed by atoms with E-state index in [1.54, 1.807) is 0 Å².